The van der Waals surface area contributed by atoms with Crippen LogP contribution in [0.1, 0.15) is 23.8 Å². The van der Waals surface area contributed by atoms with Crippen LogP contribution in [0.4, 0.5) is 0 Å². The quantitative estimate of drug-likeness (QED) is 0.602. The Morgan fingerprint density at radius 1 is 1.10 bits per heavy atom. The molecule has 1 aromatic heterocycles. The van der Waals surface area contributed by atoms with E-state index in [1.165, 1.54) is 26.2 Å². The van der Waals surface area contributed by atoms with Crippen molar-refractivity contribution in [2.24, 2.45) is 0 Å². The number of benzene rings is 2. The van der Waals surface area contributed by atoms with Crippen LogP contribution >= 0.6 is 0 Å². The van der Waals surface area contributed by atoms with Gasteiger partial charge < -0.3 is 9.73 Å². The molecule has 0 atom stereocenters. The molecule has 6 nitrogen and oxygen atoms in total. The first-order valence-corrected chi connectivity index (χ1v) is 10.8. The fraction of sp³-hybridized carbons (Fsp3) is 0.227. The summed E-state index contributed by atoms with van der Waals surface area (Å²) >= 11 is 0. The molecule has 1 amide bonds. The Morgan fingerprint density at radius 3 is 2.52 bits per heavy atom. The number of carbonyl (C=O) groups excluding carboxylic acids is 1. The average molecular weight is 413 g/mol. The van der Waals surface area contributed by atoms with Crippen LogP contribution in [-0.2, 0) is 27.8 Å². The lowest BCUT2D eigenvalue weighted by atomic mass is 10.1. The highest BCUT2D eigenvalue weighted by Crippen LogP contribution is 2.27. The zero-order valence-electron chi connectivity index (χ0n) is 16.7. The number of para-hydroxylation sites is 1. The Bertz CT molecular complexity index is 1160. The number of nitrogens with zero attached hydrogens (tertiary/aromatic N) is 1. The number of amides is 1. The molecule has 0 aliphatic heterocycles. The van der Waals surface area contributed by atoms with E-state index in [1.807, 2.05) is 31.2 Å². The first kappa shape index (κ1) is 20.8. The highest BCUT2D eigenvalue weighted by Gasteiger charge is 2.20. The number of nitrogens with one attached hydrogen (secondary N) is 1. The monoisotopic (exact) mass is 412 g/mol. The van der Waals surface area contributed by atoms with Crippen LogP contribution in [0.5, 0.6) is 0 Å². The lowest BCUT2D eigenvalue weighted by molar-refractivity contribution is -0.116. The Hall–Kier alpha value is -2.90. The summed E-state index contributed by atoms with van der Waals surface area (Å²) in [6.07, 6.45) is 3.90. The fourth-order valence-electron chi connectivity index (χ4n) is 3.06. The molecule has 0 fully saturated rings. The smallest absolute Gasteiger partial charge is 0.244 e. The van der Waals surface area contributed by atoms with Gasteiger partial charge in [0.05, 0.1) is 4.90 Å². The molecule has 0 bridgehead atoms. The molecule has 7 heteroatoms. The highest BCUT2D eigenvalue weighted by atomic mass is 32.2. The maximum Gasteiger partial charge on any atom is 0.244 e. The number of hydrogen-bond acceptors (Lipinski definition) is 4. The minimum absolute atomic E-state index is 0.110. The molecule has 0 saturated heterocycles. The largest absolute Gasteiger partial charge is 0.460 e. The average Bonchev–Trinajstić information content (AvgIpc) is 3.08. The van der Waals surface area contributed by atoms with Crippen LogP contribution in [0.3, 0.4) is 0 Å². The first-order valence-electron chi connectivity index (χ1n) is 9.31. The predicted molar refractivity (Wildman–Crippen MR) is 114 cm³/mol. The number of furan rings is 1. The van der Waals surface area contributed by atoms with E-state index in [0.29, 0.717) is 12.0 Å². The Kier molecular flexibility index (Phi) is 6.20. The summed E-state index contributed by atoms with van der Waals surface area (Å²) in [5.41, 5.74) is 2.20. The van der Waals surface area contributed by atoms with E-state index >= 15 is 0 Å². The van der Waals surface area contributed by atoms with Gasteiger partial charge in [0.15, 0.2) is 0 Å². The molecule has 3 rings (SSSR count). The van der Waals surface area contributed by atoms with Gasteiger partial charge in [-0.25, -0.2) is 12.7 Å². The summed E-state index contributed by atoms with van der Waals surface area (Å²) in [5, 5.41) is 3.71. The van der Waals surface area contributed by atoms with Gasteiger partial charge in [0.25, 0.3) is 0 Å². The van der Waals surface area contributed by atoms with E-state index in [1.54, 1.807) is 24.3 Å². The Labute approximate surface area is 170 Å². The van der Waals surface area contributed by atoms with Crippen LogP contribution in [0.15, 0.2) is 63.9 Å². The second-order valence-electron chi connectivity index (χ2n) is 6.73. The van der Waals surface area contributed by atoms with Crippen LogP contribution in [0, 0.1) is 0 Å². The van der Waals surface area contributed by atoms with Crippen molar-refractivity contribution < 1.29 is 17.6 Å². The number of sulfonamides is 1. The SMILES string of the molecule is CCc1oc2ccccc2c1/C=C/C(=O)NCc1ccccc1S(=O)(=O)N(C)C. The van der Waals surface area contributed by atoms with Gasteiger partial charge in [-0.05, 0) is 23.8 Å². The van der Waals surface area contributed by atoms with Gasteiger partial charge in [-0.15, -0.1) is 0 Å². The number of rotatable bonds is 7. The molecule has 0 aliphatic rings. The van der Waals surface area contributed by atoms with Gasteiger partial charge in [0.2, 0.25) is 15.9 Å². The molecule has 0 radical (unpaired) electrons. The van der Waals surface area contributed by atoms with Crippen LogP contribution in [0.25, 0.3) is 17.0 Å². The number of aryl methyl sites for hydroxylation is 1. The number of hydrogen-bond donors (Lipinski definition) is 1. The summed E-state index contributed by atoms with van der Waals surface area (Å²) in [6, 6.07) is 14.3. The van der Waals surface area contributed by atoms with Crippen LogP contribution in [0.2, 0.25) is 0 Å². The van der Waals surface area contributed by atoms with Gasteiger partial charge in [-0.3, -0.25) is 4.79 Å². The molecule has 3 aromatic rings. The zero-order chi connectivity index (χ0) is 21.0. The fourth-order valence-corrected chi connectivity index (χ4v) is 4.18. The normalized spacial score (nSPS) is 12.1. The molecule has 0 saturated carbocycles. The molecule has 0 aliphatic carbocycles. The third-order valence-electron chi connectivity index (χ3n) is 4.62. The van der Waals surface area contributed by atoms with Crippen molar-refractivity contribution in [3.05, 3.63) is 71.5 Å². The zero-order valence-corrected chi connectivity index (χ0v) is 17.5. The van der Waals surface area contributed by atoms with Gasteiger partial charge in [-0.1, -0.05) is 43.3 Å². The van der Waals surface area contributed by atoms with Gasteiger partial charge in [0, 0.05) is 44.1 Å². The lowest BCUT2D eigenvalue weighted by Crippen LogP contribution is -2.26. The number of carbonyl (C=O) groups is 1. The summed E-state index contributed by atoms with van der Waals surface area (Å²) < 4.78 is 31.9. The summed E-state index contributed by atoms with van der Waals surface area (Å²) in [5.74, 6) is 0.507. The van der Waals surface area contributed by atoms with E-state index in [-0.39, 0.29) is 17.3 Å². The molecule has 0 unspecified atom stereocenters. The topological polar surface area (TPSA) is 79.6 Å². The Balaban J connectivity index is 1.77. The molecule has 152 valence electrons. The molecule has 29 heavy (non-hydrogen) atoms. The van der Waals surface area contributed by atoms with Crippen molar-refractivity contribution in [2.75, 3.05) is 14.1 Å². The van der Waals surface area contributed by atoms with Crippen molar-refractivity contribution in [3.63, 3.8) is 0 Å². The minimum Gasteiger partial charge on any atom is -0.460 e. The lowest BCUT2D eigenvalue weighted by Gasteiger charge is -2.15. The Morgan fingerprint density at radius 2 is 1.79 bits per heavy atom. The van der Waals surface area contributed by atoms with Gasteiger partial charge >= 0.3 is 0 Å². The summed E-state index contributed by atoms with van der Waals surface area (Å²) in [4.78, 5) is 12.5. The van der Waals surface area contributed by atoms with E-state index < -0.39 is 10.0 Å². The molecule has 1 heterocycles. The molecular weight excluding hydrogens is 388 g/mol. The summed E-state index contributed by atoms with van der Waals surface area (Å²) in [6.45, 7) is 2.11. The third-order valence-corrected chi connectivity index (χ3v) is 6.53. The van der Waals surface area contributed by atoms with E-state index in [0.717, 1.165) is 26.6 Å². The van der Waals surface area contributed by atoms with Crippen molar-refractivity contribution in [1.82, 2.24) is 9.62 Å². The second-order valence-corrected chi connectivity index (χ2v) is 8.86. The van der Waals surface area contributed by atoms with Crippen molar-refractivity contribution in [1.29, 1.82) is 0 Å². The predicted octanol–water partition coefficient (Wildman–Crippen LogP) is 3.58. The summed E-state index contributed by atoms with van der Waals surface area (Å²) in [7, 11) is -0.625. The van der Waals surface area contributed by atoms with Gasteiger partial charge in [0.1, 0.15) is 11.3 Å². The highest BCUT2D eigenvalue weighted by molar-refractivity contribution is 7.89. The van der Waals surface area contributed by atoms with Crippen molar-refractivity contribution >= 4 is 33.0 Å². The molecule has 2 aromatic carbocycles. The molecular formula is C22H24N2O4S. The minimum atomic E-state index is -3.58. The molecule has 1 N–H and O–H groups in total. The van der Waals surface area contributed by atoms with Crippen LogP contribution in [-0.4, -0.2) is 32.7 Å². The first-order chi connectivity index (χ1) is 13.8. The van der Waals surface area contributed by atoms with E-state index in [9.17, 15) is 13.2 Å². The van der Waals surface area contributed by atoms with E-state index in [2.05, 4.69) is 5.32 Å². The van der Waals surface area contributed by atoms with Crippen molar-refractivity contribution in [3.8, 4) is 0 Å². The third kappa shape index (κ3) is 4.41. The second kappa shape index (κ2) is 8.63. The standard InChI is InChI=1S/C22H24N2O4S/c1-4-19-18(17-10-6-7-11-20(17)28-19)13-14-22(25)23-15-16-9-5-8-12-21(16)29(26,27)24(2)3/h5-14H,4,15H2,1-3H3,(H,23,25)/b14-13+. The maximum absolute atomic E-state index is 12.5. The van der Waals surface area contributed by atoms with Gasteiger partial charge in [-0.2, -0.15) is 0 Å². The number of fused-ring (bicyclic) bond motifs is 1. The van der Waals surface area contributed by atoms with Crippen LogP contribution < -0.4 is 5.32 Å². The molecule has 0 spiro atoms. The van der Waals surface area contributed by atoms with E-state index in [4.69, 9.17) is 4.42 Å². The van der Waals surface area contributed by atoms with Crippen molar-refractivity contribution in [2.45, 2.75) is 24.8 Å². The maximum atomic E-state index is 12.5.